The number of furan rings is 1. The van der Waals surface area contributed by atoms with Gasteiger partial charge < -0.3 is 10.2 Å². The van der Waals surface area contributed by atoms with Gasteiger partial charge in [0.15, 0.2) is 5.78 Å². The molecule has 0 fully saturated rings. The minimum atomic E-state index is 0.0592. The first-order chi connectivity index (χ1) is 10.1. The predicted molar refractivity (Wildman–Crippen MR) is 87.4 cm³/mol. The lowest BCUT2D eigenvalue weighted by Crippen LogP contribution is -1.90. The first kappa shape index (κ1) is 14.9. The van der Waals surface area contributed by atoms with Crippen molar-refractivity contribution in [2.45, 2.75) is 20.8 Å². The van der Waals surface area contributed by atoms with Crippen molar-refractivity contribution >= 4 is 22.4 Å². The summed E-state index contributed by atoms with van der Waals surface area (Å²) in [5, 5.41) is 0.977. The van der Waals surface area contributed by atoms with Crippen LogP contribution >= 0.6 is 0 Å². The van der Waals surface area contributed by atoms with E-state index in [0.717, 1.165) is 22.3 Å². The van der Waals surface area contributed by atoms with Gasteiger partial charge in [0.25, 0.3) is 0 Å². The van der Waals surface area contributed by atoms with Crippen LogP contribution in [0.4, 0.5) is 5.69 Å². The molecule has 3 heteroatoms. The lowest BCUT2D eigenvalue weighted by atomic mass is 10.1. The minimum Gasteiger partial charge on any atom is -0.456 e. The fraction of sp³-hybridized carbons (Fsp3) is 0.167. The van der Waals surface area contributed by atoms with E-state index in [1.807, 2.05) is 50.2 Å². The zero-order valence-corrected chi connectivity index (χ0v) is 12.5. The second-order valence-corrected chi connectivity index (χ2v) is 4.54. The normalized spacial score (nSPS) is 10.0. The first-order valence-corrected chi connectivity index (χ1v) is 7.04. The summed E-state index contributed by atoms with van der Waals surface area (Å²) in [4.78, 5) is 11.2. The van der Waals surface area contributed by atoms with Crippen LogP contribution in [0.25, 0.3) is 22.3 Å². The Morgan fingerprint density at radius 3 is 2.29 bits per heavy atom. The Kier molecular flexibility index (Phi) is 4.43. The molecule has 0 aliphatic carbocycles. The van der Waals surface area contributed by atoms with Crippen molar-refractivity contribution in [1.29, 1.82) is 0 Å². The smallest absolute Gasteiger partial charge is 0.159 e. The molecule has 21 heavy (non-hydrogen) atoms. The molecule has 3 aromatic rings. The van der Waals surface area contributed by atoms with Crippen molar-refractivity contribution in [1.82, 2.24) is 0 Å². The third kappa shape index (κ3) is 3.14. The monoisotopic (exact) mass is 281 g/mol. The van der Waals surface area contributed by atoms with Crippen LogP contribution in [0.15, 0.2) is 52.9 Å². The molecule has 3 rings (SSSR count). The number of nitrogens with two attached hydrogens (primary N) is 1. The highest BCUT2D eigenvalue weighted by Crippen LogP contribution is 2.29. The fourth-order valence-electron chi connectivity index (χ4n) is 2.07. The molecule has 1 heterocycles. The largest absolute Gasteiger partial charge is 0.456 e. The number of hydrogen-bond donors (Lipinski definition) is 1. The Morgan fingerprint density at radius 2 is 1.67 bits per heavy atom. The Labute approximate surface area is 124 Å². The van der Waals surface area contributed by atoms with E-state index in [-0.39, 0.29) is 5.78 Å². The lowest BCUT2D eigenvalue weighted by Gasteiger charge is -1.98. The van der Waals surface area contributed by atoms with Gasteiger partial charge in [0.2, 0.25) is 0 Å². The number of nitrogen functional groups attached to an aromatic ring is 1. The van der Waals surface area contributed by atoms with Crippen molar-refractivity contribution in [2.75, 3.05) is 5.73 Å². The maximum atomic E-state index is 11.2. The molecule has 2 N–H and O–H groups in total. The summed E-state index contributed by atoms with van der Waals surface area (Å²) in [5.41, 5.74) is 8.91. The molecule has 0 atom stereocenters. The standard InChI is InChI=1S/C16H13NO2.C2H6/c1-10(18)11-2-4-12(5-3-11)16-9-13-8-14(17)6-7-15(13)19-16;1-2/h2-9H,17H2,1H3;1-2H3. The molecule has 3 nitrogen and oxygen atoms in total. The van der Waals surface area contributed by atoms with E-state index < -0.39 is 0 Å². The Hall–Kier alpha value is -2.55. The summed E-state index contributed by atoms with van der Waals surface area (Å²) in [5.74, 6) is 0.833. The lowest BCUT2D eigenvalue weighted by molar-refractivity contribution is 0.101. The van der Waals surface area contributed by atoms with Gasteiger partial charge in [-0.2, -0.15) is 0 Å². The molecular formula is C18H19NO2. The van der Waals surface area contributed by atoms with Crippen molar-refractivity contribution in [3.8, 4) is 11.3 Å². The van der Waals surface area contributed by atoms with Crippen molar-refractivity contribution in [3.63, 3.8) is 0 Å². The number of anilines is 1. The number of carbonyl (C=O) groups excluding carboxylic acids is 1. The Balaban J connectivity index is 0.000000774. The third-order valence-corrected chi connectivity index (χ3v) is 3.12. The number of ketones is 1. The fourth-order valence-corrected chi connectivity index (χ4v) is 2.07. The number of carbonyl (C=O) groups is 1. The minimum absolute atomic E-state index is 0.0592. The van der Waals surface area contributed by atoms with Gasteiger partial charge in [-0.05, 0) is 31.2 Å². The molecular weight excluding hydrogens is 262 g/mol. The average molecular weight is 281 g/mol. The highest BCUT2D eigenvalue weighted by atomic mass is 16.3. The molecule has 0 spiro atoms. The van der Waals surface area contributed by atoms with Gasteiger partial charge in [-0.1, -0.05) is 38.1 Å². The Morgan fingerprint density at radius 1 is 1.00 bits per heavy atom. The molecule has 0 saturated carbocycles. The SMILES string of the molecule is CC.CC(=O)c1ccc(-c2cc3cc(N)ccc3o2)cc1. The van der Waals surface area contributed by atoms with Crippen LogP contribution in [0.1, 0.15) is 31.1 Å². The maximum absolute atomic E-state index is 11.2. The van der Waals surface area contributed by atoms with E-state index in [4.69, 9.17) is 10.2 Å². The van der Waals surface area contributed by atoms with E-state index in [1.54, 1.807) is 19.1 Å². The van der Waals surface area contributed by atoms with Crippen LogP contribution in [0, 0.1) is 0 Å². The summed E-state index contributed by atoms with van der Waals surface area (Å²) in [7, 11) is 0. The quantitative estimate of drug-likeness (QED) is 0.536. The van der Waals surface area contributed by atoms with E-state index in [9.17, 15) is 4.79 Å². The van der Waals surface area contributed by atoms with Crippen LogP contribution in [0.5, 0.6) is 0 Å². The summed E-state index contributed by atoms with van der Waals surface area (Å²) in [6, 6.07) is 14.9. The van der Waals surface area contributed by atoms with E-state index >= 15 is 0 Å². The zero-order valence-electron chi connectivity index (χ0n) is 12.5. The van der Waals surface area contributed by atoms with E-state index in [2.05, 4.69) is 0 Å². The van der Waals surface area contributed by atoms with Gasteiger partial charge in [0.1, 0.15) is 11.3 Å². The molecule has 2 aromatic carbocycles. The summed E-state index contributed by atoms with van der Waals surface area (Å²) in [6.45, 7) is 5.55. The number of Topliss-reactive ketones (excluding diaryl/α,β-unsaturated/α-hetero) is 1. The molecule has 0 amide bonds. The average Bonchev–Trinajstić information content (AvgIpc) is 2.92. The van der Waals surface area contributed by atoms with Gasteiger partial charge >= 0.3 is 0 Å². The number of hydrogen-bond acceptors (Lipinski definition) is 3. The maximum Gasteiger partial charge on any atom is 0.159 e. The second-order valence-electron chi connectivity index (χ2n) is 4.54. The molecule has 0 saturated heterocycles. The molecule has 0 aliphatic rings. The van der Waals surface area contributed by atoms with Gasteiger partial charge in [-0.3, -0.25) is 4.79 Å². The van der Waals surface area contributed by atoms with Gasteiger partial charge in [0.05, 0.1) is 0 Å². The van der Waals surface area contributed by atoms with Crippen molar-refractivity contribution < 1.29 is 9.21 Å². The molecule has 0 unspecified atom stereocenters. The molecule has 0 bridgehead atoms. The highest BCUT2D eigenvalue weighted by Gasteiger charge is 2.07. The Bertz CT molecular complexity index is 754. The molecule has 108 valence electrons. The molecule has 1 aromatic heterocycles. The van der Waals surface area contributed by atoms with Crippen LogP contribution in [-0.4, -0.2) is 5.78 Å². The van der Waals surface area contributed by atoms with Crippen molar-refractivity contribution in [3.05, 3.63) is 54.1 Å². The second kappa shape index (κ2) is 6.27. The predicted octanol–water partition coefficient (Wildman–Crippen LogP) is 4.91. The number of benzene rings is 2. The van der Waals surface area contributed by atoms with Gasteiger partial charge in [0, 0.05) is 22.2 Å². The molecule has 0 radical (unpaired) electrons. The van der Waals surface area contributed by atoms with Crippen molar-refractivity contribution in [2.24, 2.45) is 0 Å². The first-order valence-electron chi connectivity index (χ1n) is 7.04. The summed E-state index contributed by atoms with van der Waals surface area (Å²) in [6.07, 6.45) is 0. The highest BCUT2D eigenvalue weighted by molar-refractivity contribution is 5.94. The van der Waals surface area contributed by atoms with Crippen LogP contribution < -0.4 is 5.73 Å². The van der Waals surface area contributed by atoms with Crippen LogP contribution in [0.2, 0.25) is 0 Å². The van der Waals surface area contributed by atoms with E-state index in [0.29, 0.717) is 11.3 Å². The van der Waals surface area contributed by atoms with Gasteiger partial charge in [-0.15, -0.1) is 0 Å². The van der Waals surface area contributed by atoms with Crippen LogP contribution in [0.3, 0.4) is 0 Å². The van der Waals surface area contributed by atoms with Crippen LogP contribution in [-0.2, 0) is 0 Å². The summed E-state index contributed by atoms with van der Waals surface area (Å²) >= 11 is 0. The topological polar surface area (TPSA) is 56.2 Å². The summed E-state index contributed by atoms with van der Waals surface area (Å²) < 4.78 is 5.77. The molecule has 0 aliphatic heterocycles. The van der Waals surface area contributed by atoms with Gasteiger partial charge in [-0.25, -0.2) is 0 Å². The number of fused-ring (bicyclic) bond motifs is 1. The van der Waals surface area contributed by atoms with E-state index in [1.165, 1.54) is 0 Å². The zero-order chi connectivity index (χ0) is 15.4. The third-order valence-electron chi connectivity index (χ3n) is 3.12. The number of rotatable bonds is 2.